The fraction of sp³-hybridized carbons (Fsp3) is 0.333. The van der Waals surface area contributed by atoms with Crippen LogP contribution in [0.5, 0.6) is 5.75 Å². The summed E-state index contributed by atoms with van der Waals surface area (Å²) < 4.78 is 29.4. The fourth-order valence-corrected chi connectivity index (χ4v) is 4.49. The van der Waals surface area contributed by atoms with Crippen molar-refractivity contribution in [2.24, 2.45) is 0 Å². The molecule has 29 heavy (non-hydrogen) atoms. The standard InChI is InChI=1S/C24H29NO3S/c1-23(2,3)17-8-7-16-13-18(24(4,5)6)15-22(21(16)14-17)29(27,28)25-19-9-11-20(26)12-10-19/h7-15,25-26H,1-6H3. The molecule has 0 amide bonds. The summed E-state index contributed by atoms with van der Waals surface area (Å²) in [4.78, 5) is 0.263. The van der Waals surface area contributed by atoms with Gasteiger partial charge in [-0.25, -0.2) is 8.42 Å². The van der Waals surface area contributed by atoms with Gasteiger partial charge in [0, 0.05) is 11.1 Å². The maximum atomic E-state index is 13.4. The largest absolute Gasteiger partial charge is 0.508 e. The molecule has 4 nitrogen and oxygen atoms in total. The molecule has 2 N–H and O–H groups in total. The van der Waals surface area contributed by atoms with Crippen LogP contribution in [0.25, 0.3) is 10.8 Å². The number of benzene rings is 3. The molecule has 0 radical (unpaired) electrons. The minimum Gasteiger partial charge on any atom is -0.508 e. The Morgan fingerprint density at radius 2 is 1.34 bits per heavy atom. The van der Waals surface area contributed by atoms with Gasteiger partial charge >= 0.3 is 0 Å². The number of phenolic OH excluding ortho intramolecular Hbond substituents is 1. The molecule has 0 bridgehead atoms. The van der Waals surface area contributed by atoms with Gasteiger partial charge in [0.2, 0.25) is 0 Å². The zero-order valence-corrected chi connectivity index (χ0v) is 18.7. The molecular formula is C24H29NO3S. The molecule has 0 aliphatic carbocycles. The molecule has 0 aliphatic rings. The van der Waals surface area contributed by atoms with E-state index < -0.39 is 10.0 Å². The molecule has 3 aromatic carbocycles. The number of sulfonamides is 1. The second kappa shape index (κ2) is 7.06. The van der Waals surface area contributed by atoms with E-state index in [-0.39, 0.29) is 21.5 Å². The number of aromatic hydroxyl groups is 1. The Morgan fingerprint density at radius 3 is 1.90 bits per heavy atom. The first-order valence-corrected chi connectivity index (χ1v) is 11.2. The van der Waals surface area contributed by atoms with Crippen molar-refractivity contribution in [1.82, 2.24) is 0 Å². The lowest BCUT2D eigenvalue weighted by molar-refractivity contribution is 0.475. The Bertz CT molecular complexity index is 1150. The van der Waals surface area contributed by atoms with Crippen molar-refractivity contribution in [3.63, 3.8) is 0 Å². The van der Waals surface area contributed by atoms with Crippen LogP contribution in [0.1, 0.15) is 52.7 Å². The summed E-state index contributed by atoms with van der Waals surface area (Å²) in [6.07, 6.45) is 0. The van der Waals surface area contributed by atoms with Crippen molar-refractivity contribution in [2.45, 2.75) is 57.3 Å². The molecule has 154 valence electrons. The number of fused-ring (bicyclic) bond motifs is 1. The molecule has 3 aromatic rings. The third kappa shape index (κ3) is 4.56. The van der Waals surface area contributed by atoms with Crippen LogP contribution in [0, 0.1) is 0 Å². The number of anilines is 1. The van der Waals surface area contributed by atoms with E-state index in [1.165, 1.54) is 12.1 Å². The molecule has 0 aromatic heterocycles. The normalized spacial score (nSPS) is 12.9. The van der Waals surface area contributed by atoms with Crippen LogP contribution in [0.3, 0.4) is 0 Å². The molecule has 0 saturated carbocycles. The maximum Gasteiger partial charge on any atom is 0.262 e. The third-order valence-electron chi connectivity index (χ3n) is 5.06. The number of hydrogen-bond donors (Lipinski definition) is 2. The van der Waals surface area contributed by atoms with Crippen LogP contribution in [0.15, 0.2) is 59.5 Å². The lowest BCUT2D eigenvalue weighted by Gasteiger charge is -2.24. The second-order valence-corrected chi connectivity index (χ2v) is 11.2. The van der Waals surface area contributed by atoms with Crippen LogP contribution in [-0.2, 0) is 20.9 Å². The second-order valence-electron chi connectivity index (χ2n) is 9.56. The van der Waals surface area contributed by atoms with Crippen LogP contribution >= 0.6 is 0 Å². The van der Waals surface area contributed by atoms with Crippen molar-refractivity contribution < 1.29 is 13.5 Å². The van der Waals surface area contributed by atoms with Crippen molar-refractivity contribution in [2.75, 3.05) is 4.72 Å². The molecule has 0 saturated heterocycles. The molecule has 0 heterocycles. The third-order valence-corrected chi connectivity index (χ3v) is 6.48. The molecule has 5 heteroatoms. The van der Waals surface area contributed by atoms with Gasteiger partial charge in [-0.2, -0.15) is 0 Å². The van der Waals surface area contributed by atoms with E-state index in [1.54, 1.807) is 18.2 Å². The maximum absolute atomic E-state index is 13.4. The average molecular weight is 412 g/mol. The predicted octanol–water partition coefficient (Wildman–Crippen LogP) is 5.94. The summed E-state index contributed by atoms with van der Waals surface area (Å²) in [5.74, 6) is 0.0861. The van der Waals surface area contributed by atoms with Crippen molar-refractivity contribution in [1.29, 1.82) is 0 Å². The quantitative estimate of drug-likeness (QED) is 0.524. The zero-order valence-electron chi connectivity index (χ0n) is 17.9. The lowest BCUT2D eigenvalue weighted by atomic mass is 9.83. The molecule has 0 aliphatic heterocycles. The molecule has 0 atom stereocenters. The van der Waals surface area contributed by atoms with E-state index in [0.717, 1.165) is 16.5 Å². The minimum absolute atomic E-state index is 0.0861. The lowest BCUT2D eigenvalue weighted by Crippen LogP contribution is -2.17. The SMILES string of the molecule is CC(C)(C)c1cc(S(=O)(=O)Nc2ccc(O)cc2)c2cc(C(C)(C)C)ccc2c1. The first-order chi connectivity index (χ1) is 13.3. The van der Waals surface area contributed by atoms with Crippen LogP contribution in [0.2, 0.25) is 0 Å². The number of rotatable bonds is 3. The average Bonchev–Trinajstić information content (AvgIpc) is 2.60. The van der Waals surface area contributed by atoms with Gasteiger partial charge < -0.3 is 5.11 Å². The first-order valence-electron chi connectivity index (χ1n) is 9.68. The topological polar surface area (TPSA) is 66.4 Å². The van der Waals surface area contributed by atoms with Crippen molar-refractivity contribution in [3.8, 4) is 5.75 Å². The van der Waals surface area contributed by atoms with E-state index >= 15 is 0 Å². The van der Waals surface area contributed by atoms with E-state index in [4.69, 9.17) is 0 Å². The Balaban J connectivity index is 2.25. The Hall–Kier alpha value is -2.53. The zero-order chi connectivity index (χ0) is 21.6. The number of phenols is 1. The van der Waals surface area contributed by atoms with Gasteiger partial charge in [-0.15, -0.1) is 0 Å². The van der Waals surface area contributed by atoms with Gasteiger partial charge in [0.1, 0.15) is 5.75 Å². The van der Waals surface area contributed by atoms with Crippen LogP contribution < -0.4 is 4.72 Å². The molecular weight excluding hydrogens is 382 g/mol. The summed E-state index contributed by atoms with van der Waals surface area (Å²) >= 11 is 0. The highest BCUT2D eigenvalue weighted by Crippen LogP contribution is 2.35. The molecule has 0 fully saturated rings. The molecule has 0 spiro atoms. The highest BCUT2D eigenvalue weighted by atomic mass is 32.2. The predicted molar refractivity (Wildman–Crippen MR) is 120 cm³/mol. The highest BCUT2D eigenvalue weighted by Gasteiger charge is 2.24. The minimum atomic E-state index is -3.83. The summed E-state index contributed by atoms with van der Waals surface area (Å²) in [7, 11) is -3.83. The van der Waals surface area contributed by atoms with E-state index in [1.807, 2.05) is 12.1 Å². The van der Waals surface area contributed by atoms with E-state index in [9.17, 15) is 13.5 Å². The van der Waals surface area contributed by atoms with Gasteiger partial charge in [0.25, 0.3) is 10.0 Å². The Labute approximate surface area is 173 Å². The van der Waals surface area contributed by atoms with Crippen molar-refractivity contribution in [3.05, 3.63) is 65.7 Å². The highest BCUT2D eigenvalue weighted by molar-refractivity contribution is 7.93. The van der Waals surface area contributed by atoms with Crippen LogP contribution in [-0.4, -0.2) is 13.5 Å². The number of hydrogen-bond acceptors (Lipinski definition) is 3. The van der Waals surface area contributed by atoms with Gasteiger partial charge in [-0.1, -0.05) is 59.7 Å². The van der Waals surface area contributed by atoms with Crippen LogP contribution in [0.4, 0.5) is 5.69 Å². The smallest absolute Gasteiger partial charge is 0.262 e. The van der Waals surface area contributed by atoms with E-state index in [0.29, 0.717) is 11.1 Å². The monoisotopic (exact) mass is 411 g/mol. The van der Waals surface area contributed by atoms with Crippen molar-refractivity contribution >= 4 is 26.5 Å². The Morgan fingerprint density at radius 1 is 0.759 bits per heavy atom. The molecule has 3 rings (SSSR count). The summed E-state index contributed by atoms with van der Waals surface area (Å²) in [5.41, 5.74) is 2.15. The Kier molecular flexibility index (Phi) is 5.16. The van der Waals surface area contributed by atoms with Gasteiger partial charge in [0.15, 0.2) is 0 Å². The summed E-state index contributed by atoms with van der Waals surface area (Å²) in [6, 6.07) is 15.9. The van der Waals surface area contributed by atoms with Gasteiger partial charge in [0.05, 0.1) is 4.90 Å². The summed E-state index contributed by atoms with van der Waals surface area (Å²) in [5, 5.41) is 11.1. The molecule has 0 unspecified atom stereocenters. The number of nitrogens with one attached hydrogen (secondary N) is 1. The van der Waals surface area contributed by atoms with E-state index in [2.05, 4.69) is 58.4 Å². The fourth-order valence-electron chi connectivity index (χ4n) is 3.19. The summed E-state index contributed by atoms with van der Waals surface area (Å²) in [6.45, 7) is 12.5. The van der Waals surface area contributed by atoms with Gasteiger partial charge in [-0.05, 0) is 63.7 Å². The van der Waals surface area contributed by atoms with Gasteiger partial charge in [-0.3, -0.25) is 4.72 Å². The first kappa shape index (κ1) is 21.2.